The minimum atomic E-state index is 0.875. The first-order valence-electron chi connectivity index (χ1n) is 3.16. The number of hydrogen-bond donors (Lipinski definition) is 1. The summed E-state index contributed by atoms with van der Waals surface area (Å²) in [7, 11) is 0. The van der Waals surface area contributed by atoms with Crippen LogP contribution in [0.5, 0.6) is 0 Å². The molecule has 0 bridgehead atoms. The molecule has 3 nitrogen and oxygen atoms in total. The Balaban J connectivity index is 2.84. The molecule has 1 aromatic heterocycles. The summed E-state index contributed by atoms with van der Waals surface area (Å²) < 4.78 is 0. The van der Waals surface area contributed by atoms with Crippen LogP contribution in [0.4, 0.5) is 0 Å². The van der Waals surface area contributed by atoms with Gasteiger partial charge in [-0.3, -0.25) is 0 Å². The normalized spacial score (nSPS) is 14.0. The molecule has 0 radical (unpaired) electrons. The largest absolute Gasteiger partial charge is 0.386 e. The third-order valence-corrected chi connectivity index (χ3v) is 1.45. The first-order chi connectivity index (χ1) is 4.97. The van der Waals surface area contributed by atoms with Crippen molar-refractivity contribution >= 4 is 12.3 Å². The molecule has 10 heavy (non-hydrogen) atoms. The van der Waals surface area contributed by atoms with Gasteiger partial charge in [-0.15, -0.1) is 0 Å². The highest BCUT2D eigenvalue weighted by Gasteiger charge is 1.89. The van der Waals surface area contributed by atoms with E-state index in [9.17, 15) is 0 Å². The molecule has 0 spiro atoms. The van der Waals surface area contributed by atoms with E-state index in [2.05, 4.69) is 21.4 Å². The average molecular weight is 133 g/mol. The van der Waals surface area contributed by atoms with Crippen molar-refractivity contribution in [3.8, 4) is 0 Å². The summed E-state index contributed by atoms with van der Waals surface area (Å²) in [5.41, 5.74) is 0. The minimum Gasteiger partial charge on any atom is -0.386 e. The van der Waals surface area contributed by atoms with Crippen molar-refractivity contribution in [2.24, 2.45) is 0 Å². The van der Waals surface area contributed by atoms with Crippen LogP contribution in [0.25, 0.3) is 12.3 Å². The predicted octanol–water partition coefficient (Wildman–Crippen LogP) is -1.40. The van der Waals surface area contributed by atoms with Gasteiger partial charge in [-0.1, -0.05) is 6.08 Å². The topological polar surface area (TPSA) is 37.8 Å². The molecule has 1 aromatic rings. The third kappa shape index (κ3) is 0.757. The van der Waals surface area contributed by atoms with Gasteiger partial charge in [0.2, 0.25) is 0 Å². The van der Waals surface area contributed by atoms with Crippen LogP contribution in [0.2, 0.25) is 0 Å². The van der Waals surface area contributed by atoms with Crippen molar-refractivity contribution in [2.45, 2.75) is 0 Å². The van der Waals surface area contributed by atoms with Crippen LogP contribution < -0.4 is 15.9 Å². The van der Waals surface area contributed by atoms with Crippen molar-refractivity contribution in [1.82, 2.24) is 15.3 Å². The maximum absolute atomic E-state index is 4.06. The maximum atomic E-state index is 4.06. The summed E-state index contributed by atoms with van der Waals surface area (Å²) in [5.74, 6) is 0. The number of nitrogens with one attached hydrogen (secondary N) is 1. The van der Waals surface area contributed by atoms with Crippen LogP contribution >= 0.6 is 0 Å². The Labute approximate surface area is 58.1 Å². The Morgan fingerprint density at radius 2 is 2.50 bits per heavy atom. The van der Waals surface area contributed by atoms with Gasteiger partial charge in [0, 0.05) is 24.2 Å². The quantitative estimate of drug-likeness (QED) is 0.473. The van der Waals surface area contributed by atoms with Crippen molar-refractivity contribution in [2.75, 3.05) is 6.54 Å². The Morgan fingerprint density at radius 3 is 3.40 bits per heavy atom. The Bertz CT molecular complexity index is 307. The van der Waals surface area contributed by atoms with E-state index in [0.29, 0.717) is 0 Å². The van der Waals surface area contributed by atoms with Gasteiger partial charge in [0.15, 0.2) is 0 Å². The molecule has 50 valence electrons. The Kier molecular flexibility index (Phi) is 1.13. The van der Waals surface area contributed by atoms with E-state index in [1.54, 1.807) is 6.33 Å². The van der Waals surface area contributed by atoms with Gasteiger partial charge in [0.1, 0.15) is 6.33 Å². The summed E-state index contributed by atoms with van der Waals surface area (Å²) in [5, 5.41) is 5.16. The predicted molar refractivity (Wildman–Crippen MR) is 38.2 cm³/mol. The second-order valence-corrected chi connectivity index (χ2v) is 2.12. The molecular formula is C7H7N3. The van der Waals surface area contributed by atoms with E-state index in [1.807, 2.05) is 12.4 Å². The lowest BCUT2D eigenvalue weighted by Crippen LogP contribution is -2.35. The minimum absolute atomic E-state index is 0.875. The zero-order valence-corrected chi connectivity index (χ0v) is 5.41. The smallest absolute Gasteiger partial charge is 0.116 e. The number of rotatable bonds is 0. The van der Waals surface area contributed by atoms with E-state index in [0.717, 1.165) is 17.1 Å². The van der Waals surface area contributed by atoms with E-state index in [1.165, 1.54) is 0 Å². The fraction of sp³-hybridized carbons (Fsp3) is 0.143. The third-order valence-electron chi connectivity index (χ3n) is 1.45. The van der Waals surface area contributed by atoms with Gasteiger partial charge in [-0.05, 0) is 0 Å². The van der Waals surface area contributed by atoms with Crippen LogP contribution in [0.1, 0.15) is 0 Å². The number of hydrogen-bond acceptors (Lipinski definition) is 3. The van der Waals surface area contributed by atoms with Crippen molar-refractivity contribution in [1.29, 1.82) is 0 Å². The van der Waals surface area contributed by atoms with Crippen LogP contribution in [0.15, 0.2) is 12.5 Å². The molecule has 1 aliphatic rings. The highest BCUT2D eigenvalue weighted by molar-refractivity contribution is 5.33. The molecule has 0 atom stereocenters. The molecule has 0 fully saturated rings. The Morgan fingerprint density at radius 1 is 1.50 bits per heavy atom. The number of fused-ring (bicyclic) bond motifs is 1. The molecule has 0 unspecified atom stereocenters. The van der Waals surface area contributed by atoms with Crippen LogP contribution in [0.3, 0.4) is 0 Å². The second kappa shape index (κ2) is 2.10. The lowest BCUT2D eigenvalue weighted by Gasteiger charge is -1.99. The zero-order valence-electron chi connectivity index (χ0n) is 5.41. The summed E-state index contributed by atoms with van der Waals surface area (Å²) in [6.45, 7) is 0.875. The first kappa shape index (κ1) is 5.41. The van der Waals surface area contributed by atoms with E-state index < -0.39 is 0 Å². The number of aromatic nitrogens is 2. The summed E-state index contributed by atoms with van der Waals surface area (Å²) in [6.07, 6.45) is 7.34. The lowest BCUT2D eigenvalue weighted by atomic mass is 10.3. The molecule has 0 saturated carbocycles. The fourth-order valence-electron chi connectivity index (χ4n) is 0.952. The van der Waals surface area contributed by atoms with E-state index in [-0.39, 0.29) is 0 Å². The fourth-order valence-corrected chi connectivity index (χ4v) is 0.952. The standard InChI is InChI=1S/C7H7N3/c1-2-8-4-7-6(1)3-9-5-10-7/h1,3-5,8H,2H2. The molecule has 2 heterocycles. The molecular weight excluding hydrogens is 126 g/mol. The molecule has 0 amide bonds. The molecule has 0 saturated heterocycles. The molecule has 2 rings (SSSR count). The molecule has 1 N–H and O–H groups in total. The van der Waals surface area contributed by atoms with Gasteiger partial charge in [0.25, 0.3) is 0 Å². The van der Waals surface area contributed by atoms with Crippen LogP contribution in [0, 0.1) is 0 Å². The SMILES string of the molecule is C1=c2cncnc2=CNC1. The van der Waals surface area contributed by atoms with E-state index >= 15 is 0 Å². The average Bonchev–Trinajstić information content (AvgIpc) is 2.05. The van der Waals surface area contributed by atoms with Crippen LogP contribution in [-0.2, 0) is 0 Å². The van der Waals surface area contributed by atoms with Crippen molar-refractivity contribution in [3.05, 3.63) is 23.1 Å². The summed E-state index contributed by atoms with van der Waals surface area (Å²) >= 11 is 0. The zero-order chi connectivity index (χ0) is 6.81. The monoisotopic (exact) mass is 133 g/mol. The number of nitrogens with zero attached hydrogens (tertiary/aromatic N) is 2. The second-order valence-electron chi connectivity index (χ2n) is 2.12. The molecule has 0 aromatic carbocycles. The van der Waals surface area contributed by atoms with Gasteiger partial charge in [-0.25, -0.2) is 9.97 Å². The van der Waals surface area contributed by atoms with E-state index in [4.69, 9.17) is 0 Å². The summed E-state index contributed by atoms with van der Waals surface area (Å²) in [4.78, 5) is 7.97. The highest BCUT2D eigenvalue weighted by Crippen LogP contribution is 1.68. The molecule has 0 aliphatic carbocycles. The maximum Gasteiger partial charge on any atom is 0.116 e. The van der Waals surface area contributed by atoms with Gasteiger partial charge in [-0.2, -0.15) is 0 Å². The summed E-state index contributed by atoms with van der Waals surface area (Å²) in [6, 6.07) is 0. The Hall–Kier alpha value is -1.38. The van der Waals surface area contributed by atoms with Crippen LogP contribution in [-0.4, -0.2) is 16.5 Å². The van der Waals surface area contributed by atoms with Gasteiger partial charge in [0.05, 0.1) is 5.35 Å². The van der Waals surface area contributed by atoms with Gasteiger partial charge >= 0.3 is 0 Å². The van der Waals surface area contributed by atoms with Gasteiger partial charge < -0.3 is 5.32 Å². The molecule has 1 aliphatic heterocycles. The highest BCUT2D eigenvalue weighted by atomic mass is 14.9. The van der Waals surface area contributed by atoms with Crippen molar-refractivity contribution < 1.29 is 0 Å². The molecule has 3 heteroatoms. The van der Waals surface area contributed by atoms with Crippen molar-refractivity contribution in [3.63, 3.8) is 0 Å². The lowest BCUT2D eigenvalue weighted by molar-refractivity contribution is 1.00. The first-order valence-corrected chi connectivity index (χ1v) is 3.16.